The molecule has 0 bridgehead atoms. The molecule has 0 saturated carbocycles. The Hall–Kier alpha value is -1.85. The van der Waals surface area contributed by atoms with E-state index in [0.29, 0.717) is 31.2 Å². The van der Waals surface area contributed by atoms with Gasteiger partial charge in [-0.05, 0) is 26.2 Å². The highest BCUT2D eigenvalue weighted by Crippen LogP contribution is 2.37. The second-order valence-electron chi connectivity index (χ2n) is 5.19. The predicted molar refractivity (Wildman–Crippen MR) is 75.2 cm³/mol. The van der Waals surface area contributed by atoms with Crippen LogP contribution >= 0.6 is 0 Å². The molecule has 0 radical (unpaired) electrons. The largest absolute Gasteiger partial charge is 0.481 e. The SMILES string of the molecule is CCCC1(C(=O)O)CCCN1c1nc(C)cc(OC)n1. The van der Waals surface area contributed by atoms with E-state index in [1.807, 2.05) is 18.7 Å². The van der Waals surface area contributed by atoms with E-state index in [9.17, 15) is 9.90 Å². The molecule has 1 aromatic heterocycles. The Morgan fingerprint density at radius 2 is 2.30 bits per heavy atom. The Morgan fingerprint density at radius 3 is 2.90 bits per heavy atom. The lowest BCUT2D eigenvalue weighted by molar-refractivity contribution is -0.143. The van der Waals surface area contributed by atoms with Crippen molar-refractivity contribution in [2.45, 2.75) is 45.1 Å². The number of hydrogen-bond acceptors (Lipinski definition) is 5. The zero-order valence-electron chi connectivity index (χ0n) is 12.2. The molecular formula is C14H21N3O3. The summed E-state index contributed by atoms with van der Waals surface area (Å²) in [7, 11) is 1.55. The lowest BCUT2D eigenvalue weighted by atomic mass is 9.91. The normalized spacial score (nSPS) is 22.1. The molecule has 6 heteroatoms. The van der Waals surface area contributed by atoms with Gasteiger partial charge >= 0.3 is 5.97 Å². The van der Waals surface area contributed by atoms with Crippen LogP contribution in [-0.4, -0.2) is 40.2 Å². The summed E-state index contributed by atoms with van der Waals surface area (Å²) in [5, 5.41) is 9.69. The fraction of sp³-hybridized carbons (Fsp3) is 0.643. The van der Waals surface area contributed by atoms with Crippen LogP contribution < -0.4 is 9.64 Å². The molecule has 1 unspecified atom stereocenters. The molecule has 0 amide bonds. The standard InChI is InChI=1S/C14H21N3O3/c1-4-6-14(12(18)19)7-5-8-17(14)13-15-10(2)9-11(16-13)20-3/h9H,4-8H2,1-3H3,(H,18,19). The molecule has 2 heterocycles. The van der Waals surface area contributed by atoms with Crippen LogP contribution in [0.25, 0.3) is 0 Å². The van der Waals surface area contributed by atoms with Gasteiger partial charge in [-0.1, -0.05) is 13.3 Å². The number of hydrogen-bond donors (Lipinski definition) is 1. The van der Waals surface area contributed by atoms with Crippen molar-refractivity contribution in [1.29, 1.82) is 0 Å². The monoisotopic (exact) mass is 279 g/mol. The van der Waals surface area contributed by atoms with Gasteiger partial charge in [-0.2, -0.15) is 4.98 Å². The van der Waals surface area contributed by atoms with Crippen molar-refractivity contribution in [2.24, 2.45) is 0 Å². The van der Waals surface area contributed by atoms with Crippen LogP contribution in [0.2, 0.25) is 0 Å². The van der Waals surface area contributed by atoms with Crippen LogP contribution in [0.3, 0.4) is 0 Å². The first-order valence-corrected chi connectivity index (χ1v) is 6.94. The molecule has 1 saturated heterocycles. The maximum absolute atomic E-state index is 11.8. The van der Waals surface area contributed by atoms with Crippen molar-refractivity contribution >= 4 is 11.9 Å². The van der Waals surface area contributed by atoms with E-state index in [0.717, 1.165) is 18.5 Å². The van der Waals surface area contributed by atoms with Crippen LogP contribution in [0, 0.1) is 6.92 Å². The fourth-order valence-corrected chi connectivity index (χ4v) is 2.92. The summed E-state index contributed by atoms with van der Waals surface area (Å²) in [5.41, 5.74) is -0.109. The summed E-state index contributed by atoms with van der Waals surface area (Å²) >= 11 is 0. The highest BCUT2D eigenvalue weighted by atomic mass is 16.5. The van der Waals surface area contributed by atoms with E-state index < -0.39 is 11.5 Å². The minimum Gasteiger partial charge on any atom is -0.481 e. The molecule has 1 aliphatic heterocycles. The number of nitrogens with zero attached hydrogens (tertiary/aromatic N) is 3. The van der Waals surface area contributed by atoms with E-state index >= 15 is 0 Å². The first-order chi connectivity index (χ1) is 9.53. The Labute approximate surface area is 118 Å². The van der Waals surface area contributed by atoms with Gasteiger partial charge in [0, 0.05) is 18.3 Å². The zero-order valence-corrected chi connectivity index (χ0v) is 12.2. The van der Waals surface area contributed by atoms with Crippen LogP contribution in [-0.2, 0) is 4.79 Å². The summed E-state index contributed by atoms with van der Waals surface area (Å²) in [6.45, 7) is 4.52. The van der Waals surface area contributed by atoms with Crippen LogP contribution in [0.5, 0.6) is 5.88 Å². The van der Waals surface area contributed by atoms with Gasteiger partial charge in [0.15, 0.2) is 0 Å². The average molecular weight is 279 g/mol. The molecular weight excluding hydrogens is 258 g/mol. The highest BCUT2D eigenvalue weighted by molar-refractivity contribution is 5.83. The number of carbonyl (C=O) groups is 1. The lowest BCUT2D eigenvalue weighted by Gasteiger charge is -2.34. The Morgan fingerprint density at radius 1 is 1.55 bits per heavy atom. The van der Waals surface area contributed by atoms with Gasteiger partial charge in [0.1, 0.15) is 5.54 Å². The molecule has 0 spiro atoms. The van der Waals surface area contributed by atoms with E-state index in [-0.39, 0.29) is 0 Å². The second-order valence-corrected chi connectivity index (χ2v) is 5.19. The molecule has 1 fully saturated rings. The summed E-state index contributed by atoms with van der Waals surface area (Å²) in [4.78, 5) is 22.4. The molecule has 6 nitrogen and oxygen atoms in total. The lowest BCUT2D eigenvalue weighted by Crippen LogP contribution is -2.51. The number of rotatable bonds is 5. The Bertz CT molecular complexity index is 506. The van der Waals surface area contributed by atoms with Crippen molar-refractivity contribution in [3.05, 3.63) is 11.8 Å². The third kappa shape index (κ3) is 2.42. The number of carboxylic acids is 1. The van der Waals surface area contributed by atoms with Crippen molar-refractivity contribution in [2.75, 3.05) is 18.6 Å². The maximum atomic E-state index is 11.8. The quantitative estimate of drug-likeness (QED) is 0.888. The third-order valence-corrected chi connectivity index (χ3v) is 3.82. The number of methoxy groups -OCH3 is 1. The van der Waals surface area contributed by atoms with Crippen molar-refractivity contribution < 1.29 is 14.6 Å². The van der Waals surface area contributed by atoms with Gasteiger partial charge < -0.3 is 14.7 Å². The first-order valence-electron chi connectivity index (χ1n) is 6.94. The van der Waals surface area contributed by atoms with Gasteiger partial charge in [0.25, 0.3) is 0 Å². The van der Waals surface area contributed by atoms with E-state index in [2.05, 4.69) is 9.97 Å². The topological polar surface area (TPSA) is 75.5 Å². The second kappa shape index (κ2) is 5.64. The minimum absolute atomic E-state index is 0.454. The average Bonchev–Trinajstić information content (AvgIpc) is 2.83. The van der Waals surface area contributed by atoms with Crippen LogP contribution in [0.4, 0.5) is 5.95 Å². The maximum Gasteiger partial charge on any atom is 0.329 e. The molecule has 110 valence electrons. The molecule has 1 N–H and O–H groups in total. The Balaban J connectivity index is 2.44. The van der Waals surface area contributed by atoms with E-state index in [4.69, 9.17) is 4.74 Å². The van der Waals surface area contributed by atoms with E-state index in [1.165, 1.54) is 0 Å². The molecule has 2 rings (SSSR count). The molecule has 20 heavy (non-hydrogen) atoms. The van der Waals surface area contributed by atoms with Gasteiger partial charge in [-0.25, -0.2) is 9.78 Å². The summed E-state index contributed by atoms with van der Waals surface area (Å²) in [6, 6.07) is 1.74. The minimum atomic E-state index is -0.881. The van der Waals surface area contributed by atoms with Crippen molar-refractivity contribution in [1.82, 2.24) is 9.97 Å². The van der Waals surface area contributed by atoms with Crippen LogP contribution in [0.1, 0.15) is 38.3 Å². The van der Waals surface area contributed by atoms with Gasteiger partial charge in [0.05, 0.1) is 7.11 Å². The molecule has 1 aromatic rings. The summed E-state index contributed by atoms with van der Waals surface area (Å²) in [5.74, 6) is 0.131. The van der Waals surface area contributed by atoms with Gasteiger partial charge in [-0.3, -0.25) is 0 Å². The smallest absolute Gasteiger partial charge is 0.329 e. The highest BCUT2D eigenvalue weighted by Gasteiger charge is 2.48. The van der Waals surface area contributed by atoms with E-state index in [1.54, 1.807) is 13.2 Å². The van der Waals surface area contributed by atoms with Gasteiger partial charge in [-0.15, -0.1) is 0 Å². The first kappa shape index (κ1) is 14.6. The van der Waals surface area contributed by atoms with Crippen LogP contribution in [0.15, 0.2) is 6.07 Å². The number of ether oxygens (including phenoxy) is 1. The molecule has 0 aliphatic carbocycles. The molecule has 0 aromatic carbocycles. The number of aliphatic carboxylic acids is 1. The number of aromatic nitrogens is 2. The molecule has 1 atom stereocenters. The number of anilines is 1. The zero-order chi connectivity index (χ0) is 14.8. The van der Waals surface area contributed by atoms with Gasteiger partial charge in [0.2, 0.25) is 11.8 Å². The third-order valence-electron chi connectivity index (χ3n) is 3.82. The number of aryl methyl sites for hydroxylation is 1. The fourth-order valence-electron chi connectivity index (χ4n) is 2.92. The summed E-state index contributed by atoms with van der Waals surface area (Å²) < 4.78 is 5.16. The Kier molecular flexibility index (Phi) is 4.11. The van der Waals surface area contributed by atoms with Crippen molar-refractivity contribution in [3.8, 4) is 5.88 Å². The van der Waals surface area contributed by atoms with Crippen molar-refractivity contribution in [3.63, 3.8) is 0 Å². The molecule has 1 aliphatic rings. The number of carboxylic acid groups (broad SMARTS) is 1. The summed E-state index contributed by atoms with van der Waals surface area (Å²) in [6.07, 6.45) is 2.88. The predicted octanol–water partition coefficient (Wildman–Crippen LogP) is 2.02.